The van der Waals surface area contributed by atoms with Gasteiger partial charge in [-0.15, -0.1) is 0 Å². The molecule has 8 heteroatoms. The lowest BCUT2D eigenvalue weighted by Gasteiger charge is -2.42. The Bertz CT molecular complexity index is 848. The van der Waals surface area contributed by atoms with Crippen LogP contribution in [0.3, 0.4) is 0 Å². The third-order valence-corrected chi connectivity index (χ3v) is 6.85. The number of imide groups is 1. The van der Waals surface area contributed by atoms with Crippen LogP contribution in [0.1, 0.15) is 68.3 Å². The van der Waals surface area contributed by atoms with Crippen molar-refractivity contribution in [2.24, 2.45) is 5.92 Å². The molecule has 0 aromatic carbocycles. The molecule has 0 atom stereocenters. The minimum atomic E-state index is -0.837. The Balaban J connectivity index is 1.45. The van der Waals surface area contributed by atoms with Crippen LogP contribution in [0.2, 0.25) is 0 Å². The highest BCUT2D eigenvalue weighted by Crippen LogP contribution is 2.34. The molecule has 4 heterocycles. The van der Waals surface area contributed by atoms with E-state index in [-0.39, 0.29) is 23.8 Å². The van der Waals surface area contributed by atoms with E-state index in [2.05, 4.69) is 10.2 Å². The molecular formula is C23H34N4O4. The van der Waals surface area contributed by atoms with Crippen LogP contribution in [0.5, 0.6) is 0 Å². The van der Waals surface area contributed by atoms with Crippen molar-refractivity contribution in [2.45, 2.75) is 65.0 Å². The van der Waals surface area contributed by atoms with Crippen molar-refractivity contribution in [2.75, 3.05) is 32.7 Å². The number of rotatable bonds is 6. The second-order valence-corrected chi connectivity index (χ2v) is 9.48. The Kier molecular flexibility index (Phi) is 6.10. The van der Waals surface area contributed by atoms with E-state index in [0.717, 1.165) is 37.4 Å². The molecule has 0 aliphatic carbocycles. The maximum Gasteiger partial charge on any atom is 0.325 e. The molecule has 1 spiro atoms. The second-order valence-electron chi connectivity index (χ2n) is 9.48. The van der Waals surface area contributed by atoms with Gasteiger partial charge in [0.15, 0.2) is 5.76 Å². The minimum absolute atomic E-state index is 0.127. The van der Waals surface area contributed by atoms with Gasteiger partial charge >= 0.3 is 6.03 Å². The van der Waals surface area contributed by atoms with Crippen molar-refractivity contribution in [3.63, 3.8) is 0 Å². The van der Waals surface area contributed by atoms with E-state index in [1.807, 2.05) is 26.8 Å². The van der Waals surface area contributed by atoms with Crippen LogP contribution in [0, 0.1) is 5.92 Å². The van der Waals surface area contributed by atoms with E-state index < -0.39 is 5.54 Å². The molecule has 1 aromatic rings. The number of urea groups is 1. The van der Waals surface area contributed by atoms with E-state index in [9.17, 15) is 14.4 Å². The summed E-state index contributed by atoms with van der Waals surface area (Å²) in [5, 5.41) is 2.48. The highest BCUT2D eigenvalue weighted by Gasteiger charge is 2.54. The number of hydrogen-bond donors (Lipinski definition) is 1. The molecule has 0 bridgehead atoms. The molecule has 0 unspecified atom stereocenters. The van der Waals surface area contributed by atoms with Gasteiger partial charge in [0.1, 0.15) is 11.3 Å². The summed E-state index contributed by atoms with van der Waals surface area (Å²) in [6.45, 7) is 10.5. The molecule has 0 saturated carbocycles. The molecule has 4 amide bonds. The van der Waals surface area contributed by atoms with Crippen molar-refractivity contribution in [1.29, 1.82) is 0 Å². The van der Waals surface area contributed by atoms with Gasteiger partial charge in [-0.3, -0.25) is 19.8 Å². The fraction of sp³-hybridized carbons (Fsp3) is 0.696. The number of amides is 4. The van der Waals surface area contributed by atoms with E-state index in [0.29, 0.717) is 38.2 Å². The monoisotopic (exact) mass is 430 g/mol. The maximum absolute atomic E-state index is 13.2. The Morgan fingerprint density at radius 2 is 1.84 bits per heavy atom. The molecule has 3 fully saturated rings. The van der Waals surface area contributed by atoms with E-state index >= 15 is 0 Å². The molecular weight excluding hydrogens is 396 g/mol. The SMILES string of the molecule is CCc1oc(C(=O)N2CCC3(CC2)C(=O)NC(=O)N3CC(C)C)cc1CN1CCCC1. The number of furan rings is 1. The first kappa shape index (κ1) is 21.9. The molecule has 3 aliphatic rings. The van der Waals surface area contributed by atoms with Gasteiger partial charge in [0.25, 0.3) is 11.8 Å². The summed E-state index contributed by atoms with van der Waals surface area (Å²) in [6.07, 6.45) is 4.11. The highest BCUT2D eigenvalue weighted by molar-refractivity contribution is 6.07. The van der Waals surface area contributed by atoms with Crippen LogP contribution >= 0.6 is 0 Å². The van der Waals surface area contributed by atoms with Crippen molar-refractivity contribution < 1.29 is 18.8 Å². The highest BCUT2D eigenvalue weighted by atomic mass is 16.4. The molecule has 170 valence electrons. The molecule has 1 N–H and O–H groups in total. The van der Waals surface area contributed by atoms with Gasteiger partial charge in [-0.2, -0.15) is 0 Å². The van der Waals surface area contributed by atoms with Crippen LogP contribution in [0.25, 0.3) is 0 Å². The third kappa shape index (κ3) is 4.10. The Morgan fingerprint density at radius 3 is 2.45 bits per heavy atom. The average molecular weight is 431 g/mol. The van der Waals surface area contributed by atoms with Gasteiger partial charge in [0.2, 0.25) is 0 Å². The number of likely N-dealkylation sites (tertiary alicyclic amines) is 2. The fourth-order valence-corrected chi connectivity index (χ4v) is 5.14. The minimum Gasteiger partial charge on any atom is -0.456 e. The lowest BCUT2D eigenvalue weighted by atomic mass is 9.85. The number of nitrogens with zero attached hydrogens (tertiary/aromatic N) is 3. The molecule has 3 aliphatic heterocycles. The average Bonchev–Trinajstić information content (AvgIpc) is 3.45. The Hall–Kier alpha value is -2.35. The van der Waals surface area contributed by atoms with Gasteiger partial charge in [0, 0.05) is 38.2 Å². The number of carbonyl (C=O) groups excluding carboxylic acids is 3. The molecule has 31 heavy (non-hydrogen) atoms. The predicted octanol–water partition coefficient (Wildman–Crippen LogP) is 2.62. The topological polar surface area (TPSA) is 86.1 Å². The quantitative estimate of drug-likeness (QED) is 0.701. The smallest absolute Gasteiger partial charge is 0.325 e. The van der Waals surface area contributed by atoms with E-state index in [1.165, 1.54) is 12.8 Å². The standard InChI is InChI=1S/C23H34N4O4/c1-4-18-17(15-25-9-5-6-10-25)13-19(31-18)20(28)26-11-7-23(8-12-26)21(29)24-22(30)27(23)14-16(2)3/h13,16H,4-12,14-15H2,1-3H3,(H,24,29,30). The third-order valence-electron chi connectivity index (χ3n) is 6.85. The Morgan fingerprint density at radius 1 is 1.16 bits per heavy atom. The van der Waals surface area contributed by atoms with E-state index in [4.69, 9.17) is 4.42 Å². The summed E-state index contributed by atoms with van der Waals surface area (Å²) < 4.78 is 5.96. The van der Waals surface area contributed by atoms with Crippen LogP contribution in [-0.4, -0.2) is 70.8 Å². The molecule has 3 saturated heterocycles. The number of hydrogen-bond acceptors (Lipinski definition) is 5. The van der Waals surface area contributed by atoms with Crippen LogP contribution in [0.4, 0.5) is 4.79 Å². The predicted molar refractivity (Wildman–Crippen MR) is 116 cm³/mol. The summed E-state index contributed by atoms with van der Waals surface area (Å²) in [7, 11) is 0. The summed E-state index contributed by atoms with van der Waals surface area (Å²) in [5.41, 5.74) is 0.265. The number of aryl methyl sites for hydroxylation is 1. The normalized spacial score (nSPS) is 21.5. The lowest BCUT2D eigenvalue weighted by molar-refractivity contribution is -0.129. The summed E-state index contributed by atoms with van der Waals surface area (Å²) in [4.78, 5) is 44.0. The van der Waals surface area contributed by atoms with Crippen LogP contribution in [-0.2, 0) is 17.8 Å². The van der Waals surface area contributed by atoms with Gasteiger partial charge in [-0.05, 0) is 50.8 Å². The van der Waals surface area contributed by atoms with Crippen molar-refractivity contribution in [1.82, 2.24) is 20.0 Å². The van der Waals surface area contributed by atoms with Gasteiger partial charge in [-0.25, -0.2) is 4.79 Å². The zero-order valence-electron chi connectivity index (χ0n) is 18.9. The number of piperidine rings is 1. The summed E-state index contributed by atoms with van der Waals surface area (Å²) in [5.74, 6) is 1.17. The zero-order valence-corrected chi connectivity index (χ0v) is 18.9. The van der Waals surface area contributed by atoms with Crippen molar-refractivity contribution in [3.8, 4) is 0 Å². The second kappa shape index (κ2) is 8.65. The van der Waals surface area contributed by atoms with Gasteiger partial charge in [0.05, 0.1) is 0 Å². The maximum atomic E-state index is 13.2. The first-order valence-electron chi connectivity index (χ1n) is 11.6. The van der Waals surface area contributed by atoms with Gasteiger partial charge < -0.3 is 14.2 Å². The number of carbonyl (C=O) groups is 3. The summed E-state index contributed by atoms with van der Waals surface area (Å²) in [6, 6.07) is 1.59. The summed E-state index contributed by atoms with van der Waals surface area (Å²) >= 11 is 0. The van der Waals surface area contributed by atoms with Crippen LogP contribution in [0.15, 0.2) is 10.5 Å². The fourth-order valence-electron chi connectivity index (χ4n) is 5.14. The van der Waals surface area contributed by atoms with Crippen molar-refractivity contribution >= 4 is 17.8 Å². The zero-order chi connectivity index (χ0) is 22.2. The van der Waals surface area contributed by atoms with Crippen LogP contribution < -0.4 is 5.32 Å². The van der Waals surface area contributed by atoms with Crippen molar-refractivity contribution in [3.05, 3.63) is 23.2 Å². The first-order valence-corrected chi connectivity index (χ1v) is 11.6. The Labute approximate surface area is 183 Å². The molecule has 4 rings (SSSR count). The van der Waals surface area contributed by atoms with E-state index in [1.54, 1.807) is 9.80 Å². The van der Waals surface area contributed by atoms with Gasteiger partial charge in [-0.1, -0.05) is 20.8 Å². The largest absolute Gasteiger partial charge is 0.456 e. The molecule has 0 radical (unpaired) electrons. The molecule has 8 nitrogen and oxygen atoms in total. The number of nitrogens with one attached hydrogen (secondary N) is 1. The lowest BCUT2D eigenvalue weighted by Crippen LogP contribution is -2.57. The first-order chi connectivity index (χ1) is 14.8. The molecule has 1 aromatic heterocycles.